The lowest BCUT2D eigenvalue weighted by molar-refractivity contribution is 0.162. The highest BCUT2D eigenvalue weighted by atomic mass is 35.5. The van der Waals surface area contributed by atoms with E-state index in [0.29, 0.717) is 11.3 Å². The van der Waals surface area contributed by atoms with Crippen molar-refractivity contribution in [3.8, 4) is 0 Å². The van der Waals surface area contributed by atoms with Crippen LogP contribution in [0, 0.1) is 0 Å². The first-order valence-corrected chi connectivity index (χ1v) is 7.20. The van der Waals surface area contributed by atoms with Crippen LogP contribution in [0.5, 0.6) is 0 Å². The smallest absolute Gasteiger partial charge is 0.172 e. The number of alkyl halides is 1. The molecular weight excluding hydrogens is 262 g/mol. The van der Waals surface area contributed by atoms with E-state index in [1.807, 2.05) is 0 Å². The molecule has 0 spiro atoms. The third kappa shape index (κ3) is 2.73. The van der Waals surface area contributed by atoms with Crippen molar-refractivity contribution in [2.45, 2.75) is 24.2 Å². The van der Waals surface area contributed by atoms with Crippen molar-refractivity contribution >= 4 is 27.1 Å². The number of aliphatic hydroxyl groups excluding tert-OH is 1. The van der Waals surface area contributed by atoms with Crippen molar-refractivity contribution < 1.29 is 13.5 Å². The summed E-state index contributed by atoms with van der Waals surface area (Å²) in [7, 11) is -3.58. The van der Waals surface area contributed by atoms with Gasteiger partial charge in [-0.1, -0.05) is 30.7 Å². The molecule has 0 radical (unpaired) electrons. The molecule has 6 heteroatoms. The zero-order valence-corrected chi connectivity index (χ0v) is 11.3. The molecule has 0 heterocycles. The van der Waals surface area contributed by atoms with Gasteiger partial charge in [0.1, 0.15) is 6.10 Å². The summed E-state index contributed by atoms with van der Waals surface area (Å²) in [6, 6.07) is 6.39. The molecule has 0 unspecified atom stereocenters. The largest absolute Gasteiger partial charge is 0.399 e. The molecule has 0 saturated heterocycles. The van der Waals surface area contributed by atoms with Gasteiger partial charge in [-0.2, -0.15) is 0 Å². The summed E-state index contributed by atoms with van der Waals surface area (Å²) in [4.78, 5) is 0. The van der Waals surface area contributed by atoms with E-state index in [0.717, 1.165) is 0 Å². The van der Waals surface area contributed by atoms with Gasteiger partial charge in [-0.05, 0) is 24.6 Å². The lowest BCUT2D eigenvalue weighted by Gasteiger charge is -2.27. The fourth-order valence-electron chi connectivity index (χ4n) is 1.48. The van der Waals surface area contributed by atoms with E-state index >= 15 is 0 Å². The van der Waals surface area contributed by atoms with E-state index in [1.54, 1.807) is 18.2 Å². The van der Waals surface area contributed by atoms with Gasteiger partial charge in [-0.15, -0.1) is 0 Å². The summed E-state index contributed by atoms with van der Waals surface area (Å²) in [5.74, 6) is -0.133. The maximum atomic E-state index is 11.8. The number of nitrogens with two attached hydrogens (primary N) is 1. The molecule has 0 aliphatic heterocycles. The highest BCUT2D eigenvalue weighted by molar-refractivity contribution is 7.94. The molecule has 17 heavy (non-hydrogen) atoms. The molecule has 1 rings (SSSR count). The van der Waals surface area contributed by atoms with Crippen molar-refractivity contribution in [3.05, 3.63) is 29.8 Å². The summed E-state index contributed by atoms with van der Waals surface area (Å²) in [5, 5.41) is 10.1. The maximum Gasteiger partial charge on any atom is 0.172 e. The molecule has 0 amide bonds. The summed E-state index contributed by atoms with van der Waals surface area (Å²) in [6.45, 7) is 2.78. The van der Waals surface area contributed by atoms with Crippen LogP contribution in [0.4, 0.5) is 5.69 Å². The second-order valence-corrected chi connectivity index (χ2v) is 7.63. The summed E-state index contributed by atoms with van der Waals surface area (Å²) in [5.41, 5.74) is 6.41. The highest BCUT2D eigenvalue weighted by Gasteiger charge is 2.43. The lowest BCUT2D eigenvalue weighted by atomic mass is 10.1. The highest BCUT2D eigenvalue weighted by Crippen LogP contribution is 2.37. The van der Waals surface area contributed by atoms with Crippen molar-refractivity contribution in [3.63, 3.8) is 0 Å². The van der Waals surface area contributed by atoms with E-state index in [2.05, 4.69) is 0 Å². The molecule has 3 N–H and O–H groups in total. The standard InChI is InChI=1S/C11H16ClNO3S/c1-3-17(15,16)11(2,12)10(14)8-5-4-6-9(13)7-8/h4-7,10,14H,3,13H2,1-2H3/t10-,11-/m0/s1. The SMILES string of the molecule is CCS(=O)(=O)[C@](C)(Cl)[C@@H](O)c1cccc(N)c1. The number of benzene rings is 1. The van der Waals surface area contributed by atoms with Gasteiger partial charge >= 0.3 is 0 Å². The van der Waals surface area contributed by atoms with Gasteiger partial charge in [0.2, 0.25) is 0 Å². The van der Waals surface area contributed by atoms with Gasteiger partial charge in [0.15, 0.2) is 14.0 Å². The zero-order valence-electron chi connectivity index (χ0n) is 9.72. The average Bonchev–Trinajstić information content (AvgIpc) is 2.27. The number of nitrogen functional groups attached to an aromatic ring is 1. The van der Waals surface area contributed by atoms with Gasteiger partial charge in [-0.3, -0.25) is 0 Å². The molecule has 0 bridgehead atoms. The summed E-state index contributed by atoms with van der Waals surface area (Å²) in [6.07, 6.45) is -1.32. The Morgan fingerprint density at radius 2 is 2.12 bits per heavy atom. The molecule has 0 aromatic heterocycles. The average molecular weight is 278 g/mol. The van der Waals surface area contributed by atoms with Crippen molar-refractivity contribution in [1.82, 2.24) is 0 Å². The van der Waals surface area contributed by atoms with Crippen LogP contribution in [0.1, 0.15) is 25.5 Å². The maximum absolute atomic E-state index is 11.8. The second kappa shape index (κ2) is 4.84. The van der Waals surface area contributed by atoms with Crippen LogP contribution in [0.3, 0.4) is 0 Å². The quantitative estimate of drug-likeness (QED) is 0.648. The van der Waals surface area contributed by atoms with E-state index in [1.165, 1.54) is 19.9 Å². The normalized spacial score (nSPS) is 17.4. The van der Waals surface area contributed by atoms with Gasteiger partial charge in [-0.25, -0.2) is 8.42 Å². The second-order valence-electron chi connectivity index (χ2n) is 3.96. The van der Waals surface area contributed by atoms with E-state index < -0.39 is 20.1 Å². The Labute approximate surface area is 106 Å². The van der Waals surface area contributed by atoms with Gasteiger partial charge < -0.3 is 10.8 Å². The number of hydrogen-bond donors (Lipinski definition) is 2. The molecule has 2 atom stereocenters. The number of halogens is 1. The molecule has 1 aromatic carbocycles. The minimum absolute atomic E-state index is 0.133. The number of hydrogen-bond acceptors (Lipinski definition) is 4. The number of rotatable bonds is 4. The predicted molar refractivity (Wildman–Crippen MR) is 69.5 cm³/mol. The molecule has 1 aromatic rings. The third-order valence-electron chi connectivity index (χ3n) is 2.70. The summed E-state index contributed by atoms with van der Waals surface area (Å²) >= 11 is 5.99. The minimum atomic E-state index is -3.58. The lowest BCUT2D eigenvalue weighted by Crippen LogP contribution is -2.37. The van der Waals surface area contributed by atoms with Crippen LogP contribution in [0.25, 0.3) is 0 Å². The van der Waals surface area contributed by atoms with Crippen LogP contribution in [-0.4, -0.2) is 23.5 Å². The van der Waals surface area contributed by atoms with E-state index in [9.17, 15) is 13.5 Å². The Morgan fingerprint density at radius 3 is 2.59 bits per heavy atom. The first kappa shape index (κ1) is 14.3. The Bertz CT molecular complexity index is 499. The number of sulfone groups is 1. The van der Waals surface area contributed by atoms with Crippen molar-refractivity contribution in [2.24, 2.45) is 0 Å². The summed E-state index contributed by atoms with van der Waals surface area (Å²) < 4.78 is 21.8. The fraction of sp³-hybridized carbons (Fsp3) is 0.455. The Balaban J connectivity index is 3.17. The monoisotopic (exact) mass is 277 g/mol. The predicted octanol–water partition coefficient (Wildman–Crippen LogP) is 1.69. The van der Waals surface area contributed by atoms with Gasteiger partial charge in [0, 0.05) is 11.4 Å². The number of aliphatic hydroxyl groups is 1. The first-order valence-electron chi connectivity index (χ1n) is 5.17. The van der Waals surface area contributed by atoms with Crippen LogP contribution < -0.4 is 5.73 Å². The molecule has 0 fully saturated rings. The zero-order chi connectivity index (χ0) is 13.3. The van der Waals surface area contributed by atoms with Crippen LogP contribution >= 0.6 is 11.6 Å². The van der Waals surface area contributed by atoms with Crippen LogP contribution in [-0.2, 0) is 9.84 Å². The molecule has 4 nitrogen and oxygen atoms in total. The first-order chi connectivity index (χ1) is 7.72. The fourth-order valence-corrected chi connectivity index (χ4v) is 2.97. The van der Waals surface area contributed by atoms with E-state index in [-0.39, 0.29) is 5.75 Å². The van der Waals surface area contributed by atoms with Crippen molar-refractivity contribution in [2.75, 3.05) is 11.5 Å². The van der Waals surface area contributed by atoms with E-state index in [4.69, 9.17) is 17.3 Å². The Kier molecular flexibility index (Phi) is 4.06. The van der Waals surface area contributed by atoms with Crippen LogP contribution in [0.15, 0.2) is 24.3 Å². The minimum Gasteiger partial charge on any atom is -0.399 e. The molecule has 0 saturated carbocycles. The van der Waals surface area contributed by atoms with Gasteiger partial charge in [0.25, 0.3) is 0 Å². The molecule has 96 valence electrons. The number of anilines is 1. The van der Waals surface area contributed by atoms with Gasteiger partial charge in [0.05, 0.1) is 0 Å². The Morgan fingerprint density at radius 1 is 1.53 bits per heavy atom. The van der Waals surface area contributed by atoms with Crippen LogP contribution in [0.2, 0.25) is 0 Å². The molecule has 0 aliphatic rings. The topological polar surface area (TPSA) is 80.4 Å². The van der Waals surface area contributed by atoms with Crippen molar-refractivity contribution in [1.29, 1.82) is 0 Å². The molecular formula is C11H16ClNO3S. The third-order valence-corrected chi connectivity index (χ3v) is 5.81. The Hall–Kier alpha value is -0.780. The molecule has 0 aliphatic carbocycles.